The van der Waals surface area contributed by atoms with Crippen molar-refractivity contribution in [3.63, 3.8) is 0 Å². The molecule has 0 aliphatic heterocycles. The Kier molecular flexibility index (Phi) is 2.28. The summed E-state index contributed by atoms with van der Waals surface area (Å²) in [6.45, 7) is 3.55. The van der Waals surface area contributed by atoms with Crippen LogP contribution in [0.2, 0.25) is 0 Å². The van der Waals surface area contributed by atoms with Crippen molar-refractivity contribution in [1.82, 2.24) is 9.97 Å². The first kappa shape index (κ1) is 7.81. The summed E-state index contributed by atoms with van der Waals surface area (Å²) in [5.74, 6) is 0. The topological polar surface area (TPSA) is 80.7 Å². The predicted molar refractivity (Wildman–Crippen MR) is 43.6 cm³/mol. The van der Waals surface area contributed by atoms with Crippen LogP contribution < -0.4 is 11.5 Å². The Bertz CT molecular complexity index is 227. The molecule has 0 aliphatic rings. The summed E-state index contributed by atoms with van der Waals surface area (Å²) in [6.07, 6.45) is 4.04. The van der Waals surface area contributed by atoms with Gasteiger partial charge in [0, 0.05) is 24.4 Å². The minimum atomic E-state index is -0.196. The Hall–Kier alpha value is -1.29. The second-order valence-electron chi connectivity index (χ2n) is 2.45. The zero-order chi connectivity index (χ0) is 8.27. The van der Waals surface area contributed by atoms with Gasteiger partial charge in [-0.05, 0) is 0 Å². The highest BCUT2D eigenvalue weighted by molar-refractivity contribution is 5.06. The van der Waals surface area contributed by atoms with E-state index < -0.39 is 0 Å². The molecular formula is C7H12N4. The van der Waals surface area contributed by atoms with Crippen molar-refractivity contribution >= 4 is 0 Å². The zero-order valence-corrected chi connectivity index (χ0v) is 6.25. The van der Waals surface area contributed by atoms with Crippen LogP contribution in [-0.4, -0.2) is 16.0 Å². The van der Waals surface area contributed by atoms with Gasteiger partial charge in [-0.2, -0.15) is 0 Å². The van der Waals surface area contributed by atoms with Crippen LogP contribution in [0.15, 0.2) is 24.8 Å². The van der Waals surface area contributed by atoms with Crippen LogP contribution >= 0.6 is 0 Å². The third kappa shape index (κ3) is 2.09. The average molecular weight is 152 g/mol. The van der Waals surface area contributed by atoms with Crippen LogP contribution in [0, 0.1) is 0 Å². The molecule has 1 aromatic heterocycles. The molecule has 1 heterocycles. The van der Waals surface area contributed by atoms with Crippen molar-refractivity contribution in [2.75, 3.05) is 0 Å². The quantitative estimate of drug-likeness (QED) is 0.558. The molecule has 11 heavy (non-hydrogen) atoms. The van der Waals surface area contributed by atoms with E-state index in [1.165, 1.54) is 0 Å². The molecule has 5 N–H and O–H groups in total. The van der Waals surface area contributed by atoms with Gasteiger partial charge in [0.05, 0.1) is 12.0 Å². The van der Waals surface area contributed by atoms with Crippen LogP contribution in [0.1, 0.15) is 5.69 Å². The van der Waals surface area contributed by atoms with Gasteiger partial charge >= 0.3 is 0 Å². The SMILES string of the molecule is C=C(N)[C@@H](N)Cc1c[nH]cn1. The molecule has 1 rings (SSSR count). The van der Waals surface area contributed by atoms with Gasteiger partial charge in [-0.1, -0.05) is 6.58 Å². The number of aromatic nitrogens is 2. The van der Waals surface area contributed by atoms with Gasteiger partial charge in [-0.15, -0.1) is 0 Å². The highest BCUT2D eigenvalue weighted by Crippen LogP contribution is 1.98. The van der Waals surface area contributed by atoms with E-state index in [9.17, 15) is 0 Å². The van der Waals surface area contributed by atoms with E-state index in [1.807, 2.05) is 0 Å². The molecule has 4 heteroatoms. The van der Waals surface area contributed by atoms with Crippen LogP contribution in [0.4, 0.5) is 0 Å². The van der Waals surface area contributed by atoms with Crippen molar-refractivity contribution in [1.29, 1.82) is 0 Å². The third-order valence-corrected chi connectivity index (χ3v) is 1.46. The summed E-state index contributed by atoms with van der Waals surface area (Å²) >= 11 is 0. The maximum Gasteiger partial charge on any atom is 0.0923 e. The predicted octanol–water partition coefficient (Wildman–Crippen LogP) is -0.248. The molecule has 0 saturated heterocycles. The van der Waals surface area contributed by atoms with Crippen LogP contribution in [0.25, 0.3) is 0 Å². The minimum absolute atomic E-state index is 0.196. The monoisotopic (exact) mass is 152 g/mol. The summed E-state index contributed by atoms with van der Waals surface area (Å²) in [4.78, 5) is 6.84. The van der Waals surface area contributed by atoms with E-state index in [-0.39, 0.29) is 6.04 Å². The number of nitrogens with two attached hydrogens (primary N) is 2. The Balaban J connectivity index is 2.50. The fourth-order valence-electron chi connectivity index (χ4n) is 0.759. The molecule has 0 aliphatic carbocycles. The molecule has 0 aromatic carbocycles. The molecule has 4 nitrogen and oxygen atoms in total. The number of hydrogen-bond donors (Lipinski definition) is 3. The Morgan fingerprint density at radius 3 is 3.00 bits per heavy atom. The van der Waals surface area contributed by atoms with E-state index in [1.54, 1.807) is 12.5 Å². The largest absolute Gasteiger partial charge is 0.401 e. The first-order valence-corrected chi connectivity index (χ1v) is 3.37. The third-order valence-electron chi connectivity index (χ3n) is 1.46. The lowest BCUT2D eigenvalue weighted by molar-refractivity contribution is 0.744. The van der Waals surface area contributed by atoms with E-state index >= 15 is 0 Å². The van der Waals surface area contributed by atoms with Crippen molar-refractivity contribution in [3.05, 3.63) is 30.5 Å². The summed E-state index contributed by atoms with van der Waals surface area (Å²) in [5.41, 5.74) is 12.4. The summed E-state index contributed by atoms with van der Waals surface area (Å²) in [7, 11) is 0. The normalized spacial score (nSPS) is 12.8. The van der Waals surface area contributed by atoms with E-state index in [0.29, 0.717) is 12.1 Å². The lowest BCUT2D eigenvalue weighted by Gasteiger charge is -2.07. The first-order chi connectivity index (χ1) is 5.20. The van der Waals surface area contributed by atoms with E-state index in [2.05, 4.69) is 16.5 Å². The Morgan fingerprint density at radius 1 is 1.82 bits per heavy atom. The molecule has 0 bridgehead atoms. The van der Waals surface area contributed by atoms with Gasteiger partial charge in [0.15, 0.2) is 0 Å². The lowest BCUT2D eigenvalue weighted by Crippen LogP contribution is -2.29. The Labute approximate surface area is 65.3 Å². The second kappa shape index (κ2) is 3.21. The van der Waals surface area contributed by atoms with Gasteiger partial charge in [0.1, 0.15) is 0 Å². The molecule has 0 amide bonds. The molecule has 0 saturated carbocycles. The maximum atomic E-state index is 5.63. The van der Waals surface area contributed by atoms with Crippen LogP contribution in [-0.2, 0) is 6.42 Å². The number of nitrogens with zero attached hydrogens (tertiary/aromatic N) is 1. The van der Waals surface area contributed by atoms with E-state index in [0.717, 1.165) is 5.69 Å². The molecule has 0 spiro atoms. The second-order valence-corrected chi connectivity index (χ2v) is 2.45. The van der Waals surface area contributed by atoms with Crippen molar-refractivity contribution in [2.24, 2.45) is 11.5 Å². The summed E-state index contributed by atoms with van der Waals surface area (Å²) in [5, 5.41) is 0. The van der Waals surface area contributed by atoms with Gasteiger partial charge < -0.3 is 16.5 Å². The molecule has 1 aromatic rings. The highest BCUT2D eigenvalue weighted by Gasteiger charge is 2.05. The zero-order valence-electron chi connectivity index (χ0n) is 6.25. The van der Waals surface area contributed by atoms with Crippen LogP contribution in [0.5, 0.6) is 0 Å². The first-order valence-electron chi connectivity index (χ1n) is 3.37. The smallest absolute Gasteiger partial charge is 0.0923 e. The standard InChI is InChI=1S/C7H12N4/c1-5(8)7(9)2-6-3-10-4-11-6/h3-4,7H,1-2,8-9H2,(H,10,11)/t7-/m0/s1. The average Bonchev–Trinajstić information content (AvgIpc) is 2.39. The highest BCUT2D eigenvalue weighted by atomic mass is 14.9. The Morgan fingerprint density at radius 2 is 2.55 bits per heavy atom. The van der Waals surface area contributed by atoms with Gasteiger partial charge in [0.25, 0.3) is 0 Å². The fraction of sp³-hybridized carbons (Fsp3) is 0.286. The number of rotatable bonds is 3. The van der Waals surface area contributed by atoms with E-state index in [4.69, 9.17) is 11.5 Å². The molecule has 60 valence electrons. The molecule has 0 fully saturated rings. The number of aromatic amines is 1. The summed E-state index contributed by atoms with van der Waals surface area (Å²) in [6, 6.07) is -0.196. The number of hydrogen-bond acceptors (Lipinski definition) is 3. The van der Waals surface area contributed by atoms with Crippen molar-refractivity contribution < 1.29 is 0 Å². The van der Waals surface area contributed by atoms with Gasteiger partial charge in [-0.3, -0.25) is 0 Å². The minimum Gasteiger partial charge on any atom is -0.401 e. The number of nitrogens with one attached hydrogen (secondary N) is 1. The fourth-order valence-corrected chi connectivity index (χ4v) is 0.759. The molecule has 0 radical (unpaired) electrons. The molecule has 1 atom stereocenters. The van der Waals surface area contributed by atoms with Crippen LogP contribution in [0.3, 0.4) is 0 Å². The molecular weight excluding hydrogens is 140 g/mol. The van der Waals surface area contributed by atoms with Gasteiger partial charge in [0.2, 0.25) is 0 Å². The number of imidazole rings is 1. The van der Waals surface area contributed by atoms with Crippen molar-refractivity contribution in [3.8, 4) is 0 Å². The molecule has 0 unspecified atom stereocenters. The summed E-state index contributed by atoms with van der Waals surface area (Å²) < 4.78 is 0. The van der Waals surface area contributed by atoms with Gasteiger partial charge in [-0.25, -0.2) is 4.98 Å². The maximum absolute atomic E-state index is 5.63. The van der Waals surface area contributed by atoms with Crippen molar-refractivity contribution in [2.45, 2.75) is 12.5 Å². The number of H-pyrrole nitrogens is 1. The lowest BCUT2D eigenvalue weighted by atomic mass is 10.1.